The number of hydrogen-bond acceptors (Lipinski definition) is 2. The van der Waals surface area contributed by atoms with Crippen LogP contribution in [-0.4, -0.2) is 16.8 Å². The van der Waals surface area contributed by atoms with Crippen LogP contribution in [0.3, 0.4) is 0 Å². The number of nitrogens with one attached hydrogen (secondary N) is 3. The Bertz CT molecular complexity index is 1040. The summed E-state index contributed by atoms with van der Waals surface area (Å²) in [5.41, 5.74) is -0.308. The van der Waals surface area contributed by atoms with E-state index in [1.54, 1.807) is 24.3 Å². The number of halogens is 4. The van der Waals surface area contributed by atoms with Crippen LogP contribution in [0.15, 0.2) is 42.5 Å². The lowest BCUT2D eigenvalue weighted by atomic mass is 10.1. The van der Waals surface area contributed by atoms with Crippen LogP contribution in [-0.2, 0) is 11.0 Å². The fourth-order valence-electron chi connectivity index (χ4n) is 2.53. The molecule has 0 fully saturated rings. The van der Waals surface area contributed by atoms with Crippen LogP contribution in [0, 0.1) is 0 Å². The molecule has 3 aromatic rings. The van der Waals surface area contributed by atoms with Crippen molar-refractivity contribution in [1.29, 1.82) is 0 Å². The number of rotatable bonds is 3. The number of carbonyl (C=O) groups is 2. The molecule has 0 saturated heterocycles. The second-order valence-electron chi connectivity index (χ2n) is 5.81. The Kier molecular flexibility index (Phi) is 4.84. The van der Waals surface area contributed by atoms with Gasteiger partial charge in [-0.2, -0.15) is 13.2 Å². The summed E-state index contributed by atoms with van der Waals surface area (Å²) in [6, 6.07) is 9.21. The predicted molar refractivity (Wildman–Crippen MR) is 97.0 cm³/mol. The van der Waals surface area contributed by atoms with E-state index < -0.39 is 23.6 Å². The van der Waals surface area contributed by atoms with Crippen LogP contribution >= 0.6 is 11.6 Å². The zero-order valence-electron chi connectivity index (χ0n) is 13.9. The first-order valence-electron chi connectivity index (χ1n) is 7.72. The number of hydrogen-bond donors (Lipinski definition) is 3. The van der Waals surface area contributed by atoms with Gasteiger partial charge in [-0.3, -0.25) is 9.59 Å². The summed E-state index contributed by atoms with van der Waals surface area (Å²) in [5, 5.41) is 5.99. The van der Waals surface area contributed by atoms with Crippen molar-refractivity contribution in [1.82, 2.24) is 4.98 Å². The molecule has 9 heteroatoms. The maximum Gasteiger partial charge on any atom is 0.416 e. The molecule has 5 nitrogen and oxygen atoms in total. The molecule has 0 unspecified atom stereocenters. The van der Waals surface area contributed by atoms with Crippen molar-refractivity contribution in [2.24, 2.45) is 0 Å². The van der Waals surface area contributed by atoms with Gasteiger partial charge >= 0.3 is 6.18 Å². The second-order valence-corrected chi connectivity index (χ2v) is 6.24. The molecule has 27 heavy (non-hydrogen) atoms. The highest BCUT2D eigenvalue weighted by Crippen LogP contribution is 2.34. The van der Waals surface area contributed by atoms with Crippen LogP contribution in [0.25, 0.3) is 10.9 Å². The van der Waals surface area contributed by atoms with Crippen molar-refractivity contribution in [2.75, 3.05) is 10.6 Å². The Balaban J connectivity index is 1.95. The first-order valence-corrected chi connectivity index (χ1v) is 8.10. The van der Waals surface area contributed by atoms with Crippen LogP contribution in [0.4, 0.5) is 24.5 Å². The van der Waals surface area contributed by atoms with Gasteiger partial charge in [0.15, 0.2) is 0 Å². The van der Waals surface area contributed by atoms with Gasteiger partial charge in [0, 0.05) is 22.8 Å². The van der Waals surface area contributed by atoms with Crippen LogP contribution in [0.1, 0.15) is 23.0 Å². The van der Waals surface area contributed by atoms with E-state index in [1.165, 1.54) is 6.92 Å². The van der Waals surface area contributed by atoms with Crippen LogP contribution < -0.4 is 10.6 Å². The minimum atomic E-state index is -4.59. The summed E-state index contributed by atoms with van der Waals surface area (Å²) in [4.78, 5) is 26.6. The van der Waals surface area contributed by atoms with Crippen molar-refractivity contribution >= 4 is 45.7 Å². The van der Waals surface area contributed by atoms with Crippen molar-refractivity contribution in [3.05, 3.63) is 58.7 Å². The third-order valence-corrected chi connectivity index (χ3v) is 3.97. The largest absolute Gasteiger partial charge is 0.416 e. The maximum atomic E-state index is 13.0. The number of fused-ring (bicyclic) bond motifs is 1. The third kappa shape index (κ3) is 4.22. The molecular weight excluding hydrogens is 383 g/mol. The first kappa shape index (κ1) is 18.8. The summed E-state index contributed by atoms with van der Waals surface area (Å²) in [6.07, 6.45) is -4.59. The molecule has 0 aliphatic heterocycles. The highest BCUT2D eigenvalue weighted by atomic mass is 35.5. The fourth-order valence-corrected chi connectivity index (χ4v) is 2.71. The van der Waals surface area contributed by atoms with E-state index in [1.807, 2.05) is 0 Å². The van der Waals surface area contributed by atoms with Crippen LogP contribution in [0.2, 0.25) is 5.02 Å². The zero-order chi connectivity index (χ0) is 19.8. The van der Waals surface area contributed by atoms with Gasteiger partial charge in [-0.1, -0.05) is 17.7 Å². The molecule has 2 aromatic carbocycles. The molecule has 3 N–H and O–H groups in total. The average molecular weight is 396 g/mol. The third-order valence-electron chi connectivity index (χ3n) is 3.73. The average Bonchev–Trinajstić information content (AvgIpc) is 2.98. The number of carbonyl (C=O) groups excluding carboxylic acids is 2. The van der Waals surface area contributed by atoms with Crippen molar-refractivity contribution in [2.45, 2.75) is 13.1 Å². The minimum absolute atomic E-state index is 0.0583. The van der Waals surface area contributed by atoms with Crippen LogP contribution in [0.5, 0.6) is 0 Å². The quantitative estimate of drug-likeness (QED) is 0.580. The minimum Gasteiger partial charge on any atom is -0.350 e. The number of aromatic nitrogens is 1. The Morgan fingerprint density at radius 3 is 2.41 bits per heavy atom. The number of anilines is 2. The van der Waals surface area contributed by atoms with Gasteiger partial charge in [-0.05, 0) is 36.4 Å². The van der Waals surface area contributed by atoms with Gasteiger partial charge in [-0.25, -0.2) is 0 Å². The Morgan fingerprint density at radius 2 is 1.74 bits per heavy atom. The SMILES string of the molecule is CC(=O)Nc1ccc(C(F)(F)F)cc1NC(=O)c1cc2ccc(Cl)cc2[nH]1. The van der Waals surface area contributed by atoms with Crippen molar-refractivity contribution < 1.29 is 22.8 Å². The van der Waals surface area contributed by atoms with E-state index in [2.05, 4.69) is 15.6 Å². The van der Waals surface area contributed by atoms with E-state index in [9.17, 15) is 22.8 Å². The number of alkyl halides is 3. The molecule has 0 saturated carbocycles. The summed E-state index contributed by atoms with van der Waals surface area (Å²) in [6.45, 7) is 1.21. The Morgan fingerprint density at radius 1 is 1.00 bits per heavy atom. The summed E-state index contributed by atoms with van der Waals surface area (Å²) >= 11 is 5.90. The topological polar surface area (TPSA) is 74.0 Å². The van der Waals surface area contributed by atoms with Gasteiger partial charge in [-0.15, -0.1) is 0 Å². The standard InChI is InChI=1S/C18H13ClF3N3O2/c1-9(26)23-13-5-3-11(18(20,21)22)7-15(13)25-17(27)16-6-10-2-4-12(19)8-14(10)24-16/h2-8,24H,1H3,(H,23,26)(H,25,27). The summed E-state index contributed by atoms with van der Waals surface area (Å²) in [7, 11) is 0. The molecule has 1 aromatic heterocycles. The molecular formula is C18H13ClF3N3O2. The zero-order valence-corrected chi connectivity index (χ0v) is 14.6. The molecule has 140 valence electrons. The van der Waals surface area contributed by atoms with Gasteiger partial charge in [0.25, 0.3) is 5.91 Å². The number of H-pyrrole nitrogens is 1. The molecule has 0 radical (unpaired) electrons. The van der Waals surface area contributed by atoms with Gasteiger partial charge in [0.1, 0.15) is 5.69 Å². The van der Waals surface area contributed by atoms with Crippen molar-refractivity contribution in [3.63, 3.8) is 0 Å². The highest BCUT2D eigenvalue weighted by Gasteiger charge is 2.31. The van der Waals surface area contributed by atoms with Gasteiger partial charge in [0.2, 0.25) is 5.91 Å². The Labute approximate surface area is 156 Å². The molecule has 2 amide bonds. The maximum absolute atomic E-state index is 13.0. The lowest BCUT2D eigenvalue weighted by Crippen LogP contribution is -2.16. The normalized spacial score (nSPS) is 11.4. The molecule has 1 heterocycles. The number of amides is 2. The number of benzene rings is 2. The first-order chi connectivity index (χ1) is 12.6. The molecule has 0 atom stereocenters. The Hall–Kier alpha value is -3.00. The predicted octanol–water partition coefficient (Wildman–Crippen LogP) is 5.05. The lowest BCUT2D eigenvalue weighted by Gasteiger charge is -2.14. The monoisotopic (exact) mass is 395 g/mol. The summed E-state index contributed by atoms with van der Waals surface area (Å²) < 4.78 is 38.9. The smallest absolute Gasteiger partial charge is 0.350 e. The molecule has 0 aliphatic rings. The van der Waals surface area contributed by atoms with E-state index >= 15 is 0 Å². The van der Waals surface area contributed by atoms with E-state index in [0.29, 0.717) is 10.5 Å². The second kappa shape index (κ2) is 6.96. The van der Waals surface area contributed by atoms with E-state index in [0.717, 1.165) is 23.6 Å². The summed E-state index contributed by atoms with van der Waals surface area (Å²) in [5.74, 6) is -1.14. The van der Waals surface area contributed by atoms with E-state index in [-0.39, 0.29) is 17.1 Å². The van der Waals surface area contributed by atoms with Gasteiger partial charge in [0.05, 0.1) is 16.9 Å². The van der Waals surface area contributed by atoms with E-state index in [4.69, 9.17) is 11.6 Å². The number of aromatic amines is 1. The molecule has 0 spiro atoms. The van der Waals surface area contributed by atoms with Crippen molar-refractivity contribution in [3.8, 4) is 0 Å². The molecule has 0 aliphatic carbocycles. The van der Waals surface area contributed by atoms with Gasteiger partial charge < -0.3 is 15.6 Å². The fraction of sp³-hybridized carbons (Fsp3) is 0.111. The molecule has 3 rings (SSSR count). The lowest BCUT2D eigenvalue weighted by molar-refractivity contribution is -0.137. The highest BCUT2D eigenvalue weighted by molar-refractivity contribution is 6.31. The molecule has 0 bridgehead atoms.